The van der Waals surface area contributed by atoms with Crippen molar-refractivity contribution in [2.24, 2.45) is 0 Å². The Morgan fingerprint density at radius 3 is 2.92 bits per heavy atom. The summed E-state index contributed by atoms with van der Waals surface area (Å²) >= 11 is 6.86. The van der Waals surface area contributed by atoms with Gasteiger partial charge in [0.05, 0.1) is 5.52 Å². The molecule has 8 heteroatoms. The second-order valence-corrected chi connectivity index (χ2v) is 6.62. The molecule has 2 aromatic heterocycles. The monoisotopic (exact) mass is 360 g/mol. The van der Waals surface area contributed by atoms with Gasteiger partial charge in [0.15, 0.2) is 10.6 Å². The van der Waals surface area contributed by atoms with Crippen LogP contribution >= 0.6 is 24.0 Å². The highest BCUT2D eigenvalue weighted by atomic mass is 32.2. The normalized spacial score (nSPS) is 12.4. The number of aromatic nitrogens is 4. The number of pyridine rings is 1. The van der Waals surface area contributed by atoms with Gasteiger partial charge >= 0.3 is 5.97 Å². The first-order valence-electron chi connectivity index (χ1n) is 7.36. The van der Waals surface area contributed by atoms with E-state index in [1.54, 1.807) is 16.3 Å². The summed E-state index contributed by atoms with van der Waals surface area (Å²) in [5.74, 6) is 0.233. The molecule has 0 bridgehead atoms. The van der Waals surface area contributed by atoms with E-state index in [1.165, 1.54) is 0 Å². The molecule has 2 heterocycles. The Bertz CT molecular complexity index is 935. The summed E-state index contributed by atoms with van der Waals surface area (Å²) in [6.07, 6.45) is 2.41. The van der Waals surface area contributed by atoms with Crippen molar-refractivity contribution >= 4 is 40.9 Å². The fourth-order valence-electron chi connectivity index (χ4n) is 2.56. The van der Waals surface area contributed by atoms with Crippen molar-refractivity contribution in [3.8, 4) is 11.5 Å². The van der Waals surface area contributed by atoms with E-state index >= 15 is 0 Å². The second kappa shape index (κ2) is 7.14. The third-order valence-electron chi connectivity index (χ3n) is 3.72. The van der Waals surface area contributed by atoms with Gasteiger partial charge in [0.25, 0.3) is 0 Å². The van der Waals surface area contributed by atoms with Gasteiger partial charge in [0.2, 0.25) is 0 Å². The van der Waals surface area contributed by atoms with Crippen molar-refractivity contribution in [1.82, 2.24) is 19.7 Å². The van der Waals surface area contributed by atoms with Crippen LogP contribution in [0.4, 0.5) is 0 Å². The Morgan fingerprint density at radius 1 is 1.38 bits per heavy atom. The molecule has 124 valence electrons. The van der Waals surface area contributed by atoms with E-state index < -0.39 is 12.0 Å². The number of carbonyl (C=O) groups is 1. The minimum absolute atomic E-state index is 0.286. The van der Waals surface area contributed by atoms with Gasteiger partial charge in [-0.25, -0.2) is 9.78 Å². The predicted octanol–water partition coefficient (Wildman–Crippen LogP) is 3.53. The lowest BCUT2D eigenvalue weighted by Crippen LogP contribution is -2.21. The molecule has 0 unspecified atom stereocenters. The number of hydrogen-bond acceptors (Lipinski definition) is 5. The Morgan fingerprint density at radius 2 is 2.17 bits per heavy atom. The quantitative estimate of drug-likeness (QED) is 0.654. The number of fused-ring (bicyclic) bond motifs is 1. The highest BCUT2D eigenvalue weighted by Gasteiger charge is 2.24. The van der Waals surface area contributed by atoms with Crippen LogP contribution in [-0.2, 0) is 4.79 Å². The molecule has 0 radical (unpaired) electrons. The zero-order valence-corrected chi connectivity index (χ0v) is 14.6. The topological polar surface area (TPSA) is 83.8 Å². The molecule has 0 aliphatic heterocycles. The maximum absolute atomic E-state index is 11.7. The SMILES string of the molecule is CSCC[C@H](C(=O)O)n1c(-c2ccc3ccccc3n2)n[nH]c1=S. The number of aliphatic carboxylic acids is 1. The van der Waals surface area contributed by atoms with E-state index in [0.29, 0.717) is 23.7 Å². The van der Waals surface area contributed by atoms with Crippen LogP contribution in [0.2, 0.25) is 0 Å². The first-order valence-corrected chi connectivity index (χ1v) is 9.17. The summed E-state index contributed by atoms with van der Waals surface area (Å²) in [4.78, 5) is 16.3. The van der Waals surface area contributed by atoms with E-state index in [4.69, 9.17) is 12.2 Å². The summed E-state index contributed by atoms with van der Waals surface area (Å²) in [7, 11) is 0. The summed E-state index contributed by atoms with van der Waals surface area (Å²) in [6, 6.07) is 10.7. The van der Waals surface area contributed by atoms with Gasteiger partial charge in [-0.3, -0.25) is 9.67 Å². The number of carboxylic acids is 1. The largest absolute Gasteiger partial charge is 0.480 e. The highest BCUT2D eigenvalue weighted by Crippen LogP contribution is 2.25. The van der Waals surface area contributed by atoms with Crippen molar-refractivity contribution < 1.29 is 9.90 Å². The number of thioether (sulfide) groups is 1. The van der Waals surface area contributed by atoms with Crippen molar-refractivity contribution in [3.05, 3.63) is 41.2 Å². The second-order valence-electron chi connectivity index (χ2n) is 5.25. The minimum atomic E-state index is -0.927. The Labute approximate surface area is 147 Å². The average Bonchev–Trinajstić information content (AvgIpc) is 2.96. The molecule has 0 spiro atoms. The van der Waals surface area contributed by atoms with Crippen LogP contribution in [0.5, 0.6) is 0 Å². The Kier molecular flexibility index (Phi) is 4.96. The number of rotatable bonds is 6. The van der Waals surface area contributed by atoms with Crippen LogP contribution in [-0.4, -0.2) is 42.8 Å². The average molecular weight is 360 g/mol. The standard InChI is InChI=1S/C16H16N4O2S2/c1-24-9-8-13(15(21)22)20-14(18-19-16(20)23)12-7-6-10-4-2-3-5-11(10)17-12/h2-7,13H,8-9H2,1H3,(H,19,23)(H,21,22)/t13-/m1/s1. The molecule has 24 heavy (non-hydrogen) atoms. The summed E-state index contributed by atoms with van der Waals surface area (Å²) < 4.78 is 1.83. The number of carboxylic acid groups (broad SMARTS) is 1. The maximum Gasteiger partial charge on any atom is 0.326 e. The van der Waals surface area contributed by atoms with Crippen LogP contribution in [0.3, 0.4) is 0 Å². The molecule has 1 aromatic carbocycles. The molecular weight excluding hydrogens is 344 g/mol. The van der Waals surface area contributed by atoms with Gasteiger partial charge in [-0.05, 0) is 42.8 Å². The van der Waals surface area contributed by atoms with Crippen LogP contribution in [0.1, 0.15) is 12.5 Å². The van der Waals surface area contributed by atoms with E-state index in [1.807, 2.05) is 42.7 Å². The van der Waals surface area contributed by atoms with E-state index in [-0.39, 0.29) is 4.77 Å². The lowest BCUT2D eigenvalue weighted by atomic mass is 10.2. The van der Waals surface area contributed by atoms with Crippen molar-refractivity contribution in [1.29, 1.82) is 0 Å². The lowest BCUT2D eigenvalue weighted by molar-refractivity contribution is -0.140. The highest BCUT2D eigenvalue weighted by molar-refractivity contribution is 7.98. The number of aromatic amines is 1. The maximum atomic E-state index is 11.7. The van der Waals surface area contributed by atoms with E-state index in [9.17, 15) is 9.90 Å². The number of benzene rings is 1. The smallest absolute Gasteiger partial charge is 0.326 e. The van der Waals surface area contributed by atoms with Crippen LogP contribution in [0.25, 0.3) is 22.4 Å². The van der Waals surface area contributed by atoms with Crippen molar-refractivity contribution in [2.45, 2.75) is 12.5 Å². The van der Waals surface area contributed by atoms with Crippen LogP contribution < -0.4 is 0 Å². The molecule has 0 aliphatic rings. The molecule has 6 nitrogen and oxygen atoms in total. The summed E-state index contributed by atoms with van der Waals surface area (Å²) in [5.41, 5.74) is 1.42. The van der Waals surface area contributed by atoms with Gasteiger partial charge in [0.1, 0.15) is 11.7 Å². The van der Waals surface area contributed by atoms with Gasteiger partial charge < -0.3 is 5.11 Å². The number of nitrogens with one attached hydrogen (secondary N) is 1. The summed E-state index contributed by atoms with van der Waals surface area (Å²) in [5, 5.41) is 17.5. The molecule has 0 saturated heterocycles. The van der Waals surface area contributed by atoms with Gasteiger partial charge in [-0.2, -0.15) is 16.9 Å². The van der Waals surface area contributed by atoms with Crippen molar-refractivity contribution in [3.63, 3.8) is 0 Å². The van der Waals surface area contributed by atoms with Gasteiger partial charge in [-0.1, -0.05) is 24.3 Å². The third kappa shape index (κ3) is 3.20. The lowest BCUT2D eigenvalue weighted by Gasteiger charge is -2.15. The molecule has 1 atom stereocenters. The fraction of sp³-hybridized carbons (Fsp3) is 0.250. The first kappa shape index (κ1) is 16.7. The van der Waals surface area contributed by atoms with Gasteiger partial charge in [-0.15, -0.1) is 0 Å². The molecule has 0 aliphatic carbocycles. The molecule has 0 amide bonds. The first-order chi connectivity index (χ1) is 11.6. The molecule has 0 fully saturated rings. The number of hydrogen-bond donors (Lipinski definition) is 2. The van der Waals surface area contributed by atoms with Gasteiger partial charge in [0, 0.05) is 5.39 Å². The fourth-order valence-corrected chi connectivity index (χ4v) is 3.28. The molecular formula is C16H16N4O2S2. The Balaban J connectivity index is 2.10. The van der Waals surface area contributed by atoms with E-state index in [0.717, 1.165) is 10.9 Å². The van der Waals surface area contributed by atoms with Crippen LogP contribution in [0, 0.1) is 4.77 Å². The Hall–Kier alpha value is -2.19. The molecule has 0 saturated carbocycles. The minimum Gasteiger partial charge on any atom is -0.480 e. The third-order valence-corrected chi connectivity index (χ3v) is 4.66. The predicted molar refractivity (Wildman–Crippen MR) is 97.8 cm³/mol. The van der Waals surface area contributed by atoms with Crippen LogP contribution in [0.15, 0.2) is 36.4 Å². The summed E-state index contributed by atoms with van der Waals surface area (Å²) in [6.45, 7) is 0. The number of H-pyrrole nitrogens is 1. The zero-order valence-electron chi connectivity index (χ0n) is 13.0. The number of para-hydroxylation sites is 1. The number of nitrogens with zero attached hydrogens (tertiary/aromatic N) is 3. The molecule has 2 N–H and O–H groups in total. The van der Waals surface area contributed by atoms with Crippen molar-refractivity contribution in [2.75, 3.05) is 12.0 Å². The molecule has 3 aromatic rings. The van der Waals surface area contributed by atoms with E-state index in [2.05, 4.69) is 15.2 Å². The molecule has 3 rings (SSSR count). The zero-order chi connectivity index (χ0) is 17.1.